The Kier molecular flexibility index (Phi) is 7.68. The van der Waals surface area contributed by atoms with E-state index < -0.39 is 6.04 Å². The molecule has 4 rings (SSSR count). The molecule has 1 aliphatic rings. The van der Waals surface area contributed by atoms with Crippen molar-refractivity contribution in [2.24, 2.45) is 0 Å². The van der Waals surface area contributed by atoms with Gasteiger partial charge in [-0.25, -0.2) is 0 Å². The van der Waals surface area contributed by atoms with Crippen LogP contribution in [0.3, 0.4) is 0 Å². The summed E-state index contributed by atoms with van der Waals surface area (Å²) in [4.78, 5) is 30.0. The van der Waals surface area contributed by atoms with Crippen LogP contribution < -0.4 is 15.0 Å². The van der Waals surface area contributed by atoms with Gasteiger partial charge in [-0.15, -0.1) is 11.3 Å². The highest BCUT2D eigenvalue weighted by Crippen LogP contribution is 2.36. The van der Waals surface area contributed by atoms with Crippen LogP contribution in [0.25, 0.3) is 0 Å². The molecular weight excluding hydrogens is 456 g/mol. The fourth-order valence-electron chi connectivity index (χ4n) is 4.31. The SMILES string of the molecule is COc1ccccc1N(C(=O)Cc1cccs1)[C@@H](C(=O)NC1CCCC1)c1ccc(Cl)cc1. The highest BCUT2D eigenvalue weighted by molar-refractivity contribution is 7.10. The zero-order valence-electron chi connectivity index (χ0n) is 18.5. The Morgan fingerprint density at radius 2 is 1.82 bits per heavy atom. The number of ether oxygens (including phenoxy) is 1. The van der Waals surface area contributed by atoms with Gasteiger partial charge in [0, 0.05) is 15.9 Å². The van der Waals surface area contributed by atoms with Crippen LogP contribution in [0.1, 0.15) is 42.2 Å². The first-order chi connectivity index (χ1) is 16.1. The number of methoxy groups -OCH3 is 1. The molecule has 1 N–H and O–H groups in total. The second-order valence-corrected chi connectivity index (χ2v) is 9.60. The molecule has 2 aromatic carbocycles. The fourth-order valence-corrected chi connectivity index (χ4v) is 5.13. The van der Waals surface area contributed by atoms with Crippen molar-refractivity contribution in [2.45, 2.75) is 44.2 Å². The molecule has 1 heterocycles. The number of thiophene rings is 1. The van der Waals surface area contributed by atoms with Gasteiger partial charge in [-0.1, -0.05) is 54.8 Å². The van der Waals surface area contributed by atoms with E-state index in [-0.39, 0.29) is 24.3 Å². The van der Waals surface area contributed by atoms with Gasteiger partial charge in [0.15, 0.2) is 0 Å². The van der Waals surface area contributed by atoms with Gasteiger partial charge in [0.1, 0.15) is 11.8 Å². The summed E-state index contributed by atoms with van der Waals surface area (Å²) in [5.41, 5.74) is 1.25. The molecule has 2 amide bonds. The summed E-state index contributed by atoms with van der Waals surface area (Å²) in [6, 6.07) is 17.5. The lowest BCUT2D eigenvalue weighted by atomic mass is 10.0. The average molecular weight is 483 g/mol. The lowest BCUT2D eigenvalue weighted by molar-refractivity contribution is -0.127. The Morgan fingerprint density at radius 3 is 2.48 bits per heavy atom. The zero-order valence-corrected chi connectivity index (χ0v) is 20.1. The van der Waals surface area contributed by atoms with Crippen LogP contribution in [0.4, 0.5) is 5.69 Å². The normalized spacial score (nSPS) is 14.6. The maximum absolute atomic E-state index is 13.8. The summed E-state index contributed by atoms with van der Waals surface area (Å²) < 4.78 is 5.59. The number of nitrogens with zero attached hydrogens (tertiary/aromatic N) is 1. The van der Waals surface area contributed by atoms with Crippen LogP contribution in [-0.2, 0) is 16.0 Å². The summed E-state index contributed by atoms with van der Waals surface area (Å²) >= 11 is 7.66. The molecular formula is C26H27ClN2O3S. The van der Waals surface area contributed by atoms with Crippen LogP contribution in [0.15, 0.2) is 66.0 Å². The summed E-state index contributed by atoms with van der Waals surface area (Å²) in [7, 11) is 1.57. The second kappa shape index (κ2) is 10.9. The molecule has 1 atom stereocenters. The van der Waals surface area contributed by atoms with E-state index in [0.29, 0.717) is 22.0 Å². The summed E-state index contributed by atoms with van der Waals surface area (Å²) in [5.74, 6) is 0.155. The number of hydrogen-bond acceptors (Lipinski definition) is 4. The van der Waals surface area contributed by atoms with Gasteiger partial charge in [-0.3, -0.25) is 14.5 Å². The van der Waals surface area contributed by atoms with E-state index in [1.807, 2.05) is 47.8 Å². The Hall–Kier alpha value is -2.83. The second-order valence-electron chi connectivity index (χ2n) is 8.14. The minimum atomic E-state index is -0.855. The zero-order chi connectivity index (χ0) is 23.2. The number of carbonyl (C=O) groups is 2. The lowest BCUT2D eigenvalue weighted by Crippen LogP contribution is -2.47. The van der Waals surface area contributed by atoms with Crippen LogP contribution >= 0.6 is 22.9 Å². The van der Waals surface area contributed by atoms with Crippen molar-refractivity contribution in [3.05, 3.63) is 81.5 Å². The van der Waals surface area contributed by atoms with Gasteiger partial charge in [0.2, 0.25) is 11.8 Å². The minimum absolute atomic E-state index is 0.124. The summed E-state index contributed by atoms with van der Waals surface area (Å²) in [5, 5.41) is 5.71. The molecule has 0 spiro atoms. The number of para-hydroxylation sites is 2. The monoisotopic (exact) mass is 482 g/mol. The maximum atomic E-state index is 13.8. The first kappa shape index (κ1) is 23.3. The Balaban J connectivity index is 1.79. The molecule has 1 aliphatic carbocycles. The molecule has 1 fully saturated rings. The highest BCUT2D eigenvalue weighted by Gasteiger charge is 2.35. The molecule has 0 radical (unpaired) electrons. The number of amides is 2. The third-order valence-electron chi connectivity index (χ3n) is 5.91. The van der Waals surface area contributed by atoms with E-state index >= 15 is 0 Å². The van der Waals surface area contributed by atoms with Crippen molar-refractivity contribution in [3.8, 4) is 5.75 Å². The Labute approximate surface area is 203 Å². The summed E-state index contributed by atoms with van der Waals surface area (Å²) in [6.45, 7) is 0. The van der Waals surface area contributed by atoms with Gasteiger partial charge < -0.3 is 10.1 Å². The van der Waals surface area contributed by atoms with Crippen molar-refractivity contribution in [1.29, 1.82) is 0 Å². The highest BCUT2D eigenvalue weighted by atomic mass is 35.5. The number of rotatable bonds is 8. The Morgan fingerprint density at radius 1 is 1.09 bits per heavy atom. The molecule has 1 aromatic heterocycles. The predicted octanol–water partition coefficient (Wildman–Crippen LogP) is 5.79. The maximum Gasteiger partial charge on any atom is 0.248 e. The van der Waals surface area contributed by atoms with Crippen molar-refractivity contribution >= 4 is 40.4 Å². The Bertz CT molecular complexity index is 1080. The molecule has 1 saturated carbocycles. The van der Waals surface area contributed by atoms with Crippen molar-refractivity contribution in [3.63, 3.8) is 0 Å². The van der Waals surface area contributed by atoms with Gasteiger partial charge >= 0.3 is 0 Å². The van der Waals surface area contributed by atoms with Crippen LogP contribution in [0, 0.1) is 0 Å². The van der Waals surface area contributed by atoms with E-state index in [4.69, 9.17) is 16.3 Å². The smallest absolute Gasteiger partial charge is 0.248 e. The molecule has 0 bridgehead atoms. The third kappa shape index (κ3) is 5.57. The fraction of sp³-hybridized carbons (Fsp3) is 0.308. The van der Waals surface area contributed by atoms with Crippen molar-refractivity contribution in [2.75, 3.05) is 12.0 Å². The number of carbonyl (C=O) groups excluding carboxylic acids is 2. The topological polar surface area (TPSA) is 58.6 Å². The largest absolute Gasteiger partial charge is 0.495 e. The molecule has 33 heavy (non-hydrogen) atoms. The van der Waals surface area contributed by atoms with E-state index in [2.05, 4.69) is 5.32 Å². The number of nitrogens with one attached hydrogen (secondary N) is 1. The van der Waals surface area contributed by atoms with Gasteiger partial charge in [-0.2, -0.15) is 0 Å². The van der Waals surface area contributed by atoms with Crippen LogP contribution in [-0.4, -0.2) is 25.0 Å². The van der Waals surface area contributed by atoms with E-state index in [1.165, 1.54) is 11.3 Å². The van der Waals surface area contributed by atoms with E-state index in [9.17, 15) is 9.59 Å². The molecule has 3 aromatic rings. The van der Waals surface area contributed by atoms with Crippen LogP contribution in [0.2, 0.25) is 5.02 Å². The van der Waals surface area contributed by atoms with E-state index in [0.717, 1.165) is 30.6 Å². The molecule has 172 valence electrons. The van der Waals surface area contributed by atoms with E-state index in [1.54, 1.807) is 30.2 Å². The molecule has 5 nitrogen and oxygen atoms in total. The van der Waals surface area contributed by atoms with Gasteiger partial charge in [-0.05, 0) is 54.1 Å². The third-order valence-corrected chi connectivity index (χ3v) is 7.04. The molecule has 7 heteroatoms. The molecule has 0 unspecified atom stereocenters. The number of halogens is 1. The summed E-state index contributed by atoms with van der Waals surface area (Å²) in [6.07, 6.45) is 4.30. The predicted molar refractivity (Wildman–Crippen MR) is 133 cm³/mol. The molecule has 0 saturated heterocycles. The number of benzene rings is 2. The van der Waals surface area contributed by atoms with Crippen molar-refractivity contribution in [1.82, 2.24) is 5.32 Å². The van der Waals surface area contributed by atoms with Gasteiger partial charge in [0.25, 0.3) is 0 Å². The van der Waals surface area contributed by atoms with Crippen molar-refractivity contribution < 1.29 is 14.3 Å². The molecule has 0 aliphatic heterocycles. The number of hydrogen-bond donors (Lipinski definition) is 1. The van der Waals surface area contributed by atoms with Crippen LogP contribution in [0.5, 0.6) is 5.75 Å². The quantitative estimate of drug-likeness (QED) is 0.442. The minimum Gasteiger partial charge on any atom is -0.495 e. The first-order valence-electron chi connectivity index (χ1n) is 11.1. The average Bonchev–Trinajstić information content (AvgIpc) is 3.52. The standard InChI is InChI=1S/C26H27ClN2O3S/c1-32-23-11-5-4-10-22(23)29(24(30)17-21-9-6-16-33-21)25(18-12-14-19(27)15-13-18)26(31)28-20-7-2-3-8-20/h4-6,9-16,20,25H,2-3,7-8,17H2,1H3,(H,28,31)/t25-/m1/s1. The van der Waals surface area contributed by atoms with Gasteiger partial charge in [0.05, 0.1) is 19.2 Å². The lowest BCUT2D eigenvalue weighted by Gasteiger charge is -2.33. The number of anilines is 1. The first-order valence-corrected chi connectivity index (χ1v) is 12.4.